The largest absolute Gasteiger partial charge is 0.0656 e. The summed E-state index contributed by atoms with van der Waals surface area (Å²) < 4.78 is 0. The first-order chi connectivity index (χ1) is 12.1. The summed E-state index contributed by atoms with van der Waals surface area (Å²) in [7, 11) is 0. The highest BCUT2D eigenvalue weighted by molar-refractivity contribution is 5.23. The van der Waals surface area contributed by atoms with Crippen LogP contribution in [0.25, 0.3) is 0 Å². The van der Waals surface area contributed by atoms with Crippen LogP contribution in [0.5, 0.6) is 0 Å². The molecule has 0 spiro atoms. The first-order valence-corrected chi connectivity index (χ1v) is 10.2. The minimum atomic E-state index is 1.21. The number of benzene rings is 2. The van der Waals surface area contributed by atoms with E-state index in [0.29, 0.717) is 0 Å². The maximum Gasteiger partial charge on any atom is -0.0281 e. The van der Waals surface area contributed by atoms with Crippen LogP contribution in [0.4, 0.5) is 0 Å². The Morgan fingerprint density at radius 1 is 0.560 bits per heavy atom. The highest BCUT2D eigenvalue weighted by Gasteiger charge is 1.92. The van der Waals surface area contributed by atoms with Crippen LogP contribution in [0.1, 0.15) is 82.6 Å². The zero-order valence-electron chi connectivity index (χ0n) is 17.6. The molecule has 0 aliphatic rings. The van der Waals surface area contributed by atoms with Crippen molar-refractivity contribution >= 4 is 0 Å². The molecule has 0 fully saturated rings. The maximum atomic E-state index is 2.26. The quantitative estimate of drug-likeness (QED) is 0.500. The summed E-state index contributed by atoms with van der Waals surface area (Å²) in [6.45, 7) is 13.0. The van der Waals surface area contributed by atoms with Crippen molar-refractivity contribution in [3.05, 3.63) is 70.8 Å². The molecule has 0 unspecified atom stereocenters. The van der Waals surface area contributed by atoms with Crippen molar-refractivity contribution < 1.29 is 0 Å². The molecule has 140 valence electrons. The van der Waals surface area contributed by atoms with Crippen LogP contribution in [-0.2, 0) is 19.3 Å². The highest BCUT2D eigenvalue weighted by Crippen LogP contribution is 2.08. The van der Waals surface area contributed by atoms with Gasteiger partial charge in [-0.25, -0.2) is 0 Å². The summed E-state index contributed by atoms with van der Waals surface area (Å²) in [6, 6.07) is 17.7. The zero-order chi connectivity index (χ0) is 18.9. The number of hydrogen-bond acceptors (Lipinski definition) is 0. The van der Waals surface area contributed by atoms with Crippen LogP contribution in [0.3, 0.4) is 0 Å². The maximum absolute atomic E-state index is 2.26. The van der Waals surface area contributed by atoms with Gasteiger partial charge in [0.15, 0.2) is 0 Å². The molecule has 0 N–H and O–H groups in total. The number of hydrogen-bond donors (Lipinski definition) is 0. The lowest BCUT2D eigenvalue weighted by atomic mass is 10.1. The lowest BCUT2D eigenvalue weighted by Crippen LogP contribution is -1.85. The molecule has 0 heterocycles. The Labute approximate surface area is 157 Å². The van der Waals surface area contributed by atoms with E-state index in [0.717, 1.165) is 0 Å². The standard InChI is InChI=1S/C12H18.C10H14.C3H8/c1-3-5-11-7-9-12(6-4-2)10-8-11;1-3-5-10-7-4-6-9(2)8-10;1-3-2/h7-10H,3-6H2,1-2H3;4,6-8H,3,5H2,1-2H3;3H2,1-2H3. The monoisotopic (exact) mass is 340 g/mol. The van der Waals surface area contributed by atoms with Gasteiger partial charge in [-0.05, 0) is 42.9 Å². The highest BCUT2D eigenvalue weighted by atomic mass is 14.0. The Morgan fingerprint density at radius 3 is 1.32 bits per heavy atom. The molecule has 2 aromatic carbocycles. The minimum Gasteiger partial charge on any atom is -0.0656 e. The summed E-state index contributed by atoms with van der Waals surface area (Å²) in [5, 5.41) is 0. The predicted octanol–water partition coefficient (Wildman–Crippen LogP) is 7.96. The third kappa shape index (κ3) is 12.5. The molecular formula is C25H40. The van der Waals surface area contributed by atoms with E-state index in [2.05, 4.69) is 90.1 Å². The second-order valence-corrected chi connectivity index (χ2v) is 6.76. The Hall–Kier alpha value is -1.56. The molecule has 0 atom stereocenters. The molecular weight excluding hydrogens is 300 g/mol. The summed E-state index contributed by atoms with van der Waals surface area (Å²) >= 11 is 0. The van der Waals surface area contributed by atoms with Gasteiger partial charge in [-0.2, -0.15) is 0 Å². The second-order valence-electron chi connectivity index (χ2n) is 6.76. The van der Waals surface area contributed by atoms with Gasteiger partial charge in [0.05, 0.1) is 0 Å². The van der Waals surface area contributed by atoms with Crippen LogP contribution in [0, 0.1) is 6.92 Å². The van der Waals surface area contributed by atoms with Crippen LogP contribution in [-0.4, -0.2) is 0 Å². The van der Waals surface area contributed by atoms with Gasteiger partial charge in [0.1, 0.15) is 0 Å². The predicted molar refractivity (Wildman–Crippen MR) is 116 cm³/mol. The van der Waals surface area contributed by atoms with E-state index in [-0.39, 0.29) is 0 Å². The zero-order valence-corrected chi connectivity index (χ0v) is 17.6. The third-order valence-electron chi connectivity index (χ3n) is 3.72. The molecule has 0 amide bonds. The lowest BCUT2D eigenvalue weighted by molar-refractivity contribution is 0.904. The normalized spacial score (nSPS) is 9.52. The number of aryl methyl sites for hydroxylation is 4. The molecule has 2 rings (SSSR count). The van der Waals surface area contributed by atoms with Gasteiger partial charge in [-0.15, -0.1) is 0 Å². The minimum absolute atomic E-state index is 1.21. The van der Waals surface area contributed by atoms with Crippen LogP contribution in [0.2, 0.25) is 0 Å². The first kappa shape index (κ1) is 23.4. The lowest BCUT2D eigenvalue weighted by Gasteiger charge is -2.01. The molecule has 0 saturated heterocycles. The first-order valence-electron chi connectivity index (χ1n) is 10.2. The molecule has 0 radical (unpaired) electrons. The molecule has 0 bridgehead atoms. The van der Waals surface area contributed by atoms with Crippen molar-refractivity contribution in [2.45, 2.75) is 86.5 Å². The van der Waals surface area contributed by atoms with Crippen molar-refractivity contribution in [3.8, 4) is 0 Å². The van der Waals surface area contributed by atoms with E-state index in [1.807, 2.05) is 0 Å². The van der Waals surface area contributed by atoms with Crippen molar-refractivity contribution in [1.29, 1.82) is 0 Å². The van der Waals surface area contributed by atoms with Gasteiger partial charge >= 0.3 is 0 Å². The van der Waals surface area contributed by atoms with Crippen LogP contribution in [0.15, 0.2) is 48.5 Å². The van der Waals surface area contributed by atoms with Gasteiger partial charge in [0.2, 0.25) is 0 Å². The summed E-state index contributed by atoms with van der Waals surface area (Å²) in [5.41, 5.74) is 5.77. The topological polar surface area (TPSA) is 0 Å². The van der Waals surface area contributed by atoms with Crippen LogP contribution < -0.4 is 0 Å². The van der Waals surface area contributed by atoms with Crippen molar-refractivity contribution in [2.24, 2.45) is 0 Å². The van der Waals surface area contributed by atoms with Gasteiger partial charge < -0.3 is 0 Å². The van der Waals surface area contributed by atoms with E-state index in [4.69, 9.17) is 0 Å². The molecule has 0 aliphatic carbocycles. The molecule has 0 saturated carbocycles. The summed E-state index contributed by atoms with van der Waals surface area (Å²) in [5.74, 6) is 0. The Bertz CT molecular complexity index is 497. The van der Waals surface area contributed by atoms with Gasteiger partial charge in [-0.3, -0.25) is 0 Å². The Morgan fingerprint density at radius 2 is 0.960 bits per heavy atom. The molecule has 0 aliphatic heterocycles. The van der Waals surface area contributed by atoms with Gasteiger partial charge in [0.25, 0.3) is 0 Å². The summed E-state index contributed by atoms with van der Waals surface area (Å²) in [6.07, 6.45) is 8.62. The van der Waals surface area contributed by atoms with Crippen LogP contribution >= 0.6 is 0 Å². The van der Waals surface area contributed by atoms with Gasteiger partial charge in [0, 0.05) is 0 Å². The van der Waals surface area contributed by atoms with Gasteiger partial charge in [-0.1, -0.05) is 114 Å². The molecule has 25 heavy (non-hydrogen) atoms. The SMILES string of the molecule is CCC.CCCc1ccc(CCC)cc1.CCCc1cccc(C)c1. The van der Waals surface area contributed by atoms with E-state index >= 15 is 0 Å². The smallest absolute Gasteiger partial charge is 0.0281 e. The Kier molecular flexibility index (Phi) is 14.9. The fourth-order valence-electron chi connectivity index (χ4n) is 2.61. The second kappa shape index (κ2) is 15.9. The van der Waals surface area contributed by atoms with Crippen molar-refractivity contribution in [3.63, 3.8) is 0 Å². The summed E-state index contributed by atoms with van der Waals surface area (Å²) in [4.78, 5) is 0. The fourth-order valence-corrected chi connectivity index (χ4v) is 2.61. The average molecular weight is 341 g/mol. The molecule has 2 aromatic rings. The molecule has 0 nitrogen and oxygen atoms in total. The van der Waals surface area contributed by atoms with Crippen molar-refractivity contribution in [2.75, 3.05) is 0 Å². The number of rotatable bonds is 6. The van der Waals surface area contributed by atoms with Crippen molar-refractivity contribution in [1.82, 2.24) is 0 Å². The third-order valence-corrected chi connectivity index (χ3v) is 3.72. The van der Waals surface area contributed by atoms with E-state index in [1.54, 1.807) is 0 Å². The van der Waals surface area contributed by atoms with E-state index in [1.165, 1.54) is 67.2 Å². The van der Waals surface area contributed by atoms with E-state index < -0.39 is 0 Å². The average Bonchev–Trinajstić information content (AvgIpc) is 2.59. The Balaban J connectivity index is 0.000000403. The fraction of sp³-hybridized carbons (Fsp3) is 0.520. The molecule has 0 aromatic heterocycles. The molecule has 0 heteroatoms. The van der Waals surface area contributed by atoms with E-state index in [9.17, 15) is 0 Å².